The van der Waals surface area contributed by atoms with Crippen molar-refractivity contribution in [2.24, 2.45) is 52.3 Å². The van der Waals surface area contributed by atoms with Gasteiger partial charge in [0.15, 0.2) is 8.32 Å². The van der Waals surface area contributed by atoms with Crippen LogP contribution >= 0.6 is 0 Å². The van der Waals surface area contributed by atoms with Gasteiger partial charge in [0, 0.05) is 6.10 Å². The van der Waals surface area contributed by atoms with Gasteiger partial charge in [0.05, 0.1) is 13.0 Å². The number of hydrogen-bond acceptors (Lipinski definition) is 3. The van der Waals surface area contributed by atoms with Crippen LogP contribution in [0.3, 0.4) is 0 Å². The zero-order valence-electron chi connectivity index (χ0n) is 24.3. The van der Waals surface area contributed by atoms with Gasteiger partial charge in [-0.2, -0.15) is 0 Å². The molecule has 0 spiro atoms. The van der Waals surface area contributed by atoms with Gasteiger partial charge in [-0.15, -0.1) is 0 Å². The number of esters is 1. The van der Waals surface area contributed by atoms with Crippen LogP contribution in [0.15, 0.2) is 0 Å². The Bertz CT molecular complexity index is 746. The van der Waals surface area contributed by atoms with Crippen molar-refractivity contribution in [3.05, 3.63) is 0 Å². The van der Waals surface area contributed by atoms with Crippen LogP contribution in [0.25, 0.3) is 0 Å². The SMILES string of the molecule is COC(=O)C(C)CCC[C@@H](C)[C@H]1CC[C@H]2[C@@H]3CCC4CC(O[Si](C)(C)C)CC[C@]4(C)[C@H]3CC[C@]12C. The Morgan fingerprint density at radius 2 is 1.60 bits per heavy atom. The van der Waals surface area contributed by atoms with Gasteiger partial charge in [0.2, 0.25) is 0 Å². The van der Waals surface area contributed by atoms with Crippen LogP contribution in [0.1, 0.15) is 105 Å². The summed E-state index contributed by atoms with van der Waals surface area (Å²) in [6.07, 6.45) is 16.7. The molecule has 0 radical (unpaired) electrons. The molecule has 4 saturated carbocycles. The number of hydrogen-bond donors (Lipinski definition) is 0. The van der Waals surface area contributed by atoms with E-state index in [0.717, 1.165) is 48.3 Å². The zero-order chi connectivity index (χ0) is 25.6. The molecule has 0 heterocycles. The van der Waals surface area contributed by atoms with Crippen molar-refractivity contribution in [3.8, 4) is 0 Å². The van der Waals surface area contributed by atoms with Crippen molar-refractivity contribution < 1.29 is 14.0 Å². The molecule has 4 heteroatoms. The molecule has 202 valence electrons. The maximum Gasteiger partial charge on any atom is 0.308 e. The summed E-state index contributed by atoms with van der Waals surface area (Å²) in [6.45, 7) is 17.0. The highest BCUT2D eigenvalue weighted by Gasteiger charge is 2.60. The maximum atomic E-state index is 11.8. The molecule has 0 bridgehead atoms. The van der Waals surface area contributed by atoms with Gasteiger partial charge in [0.25, 0.3) is 0 Å². The molecule has 10 atom stereocenters. The van der Waals surface area contributed by atoms with E-state index in [1.165, 1.54) is 71.3 Å². The Morgan fingerprint density at radius 1 is 0.914 bits per heavy atom. The zero-order valence-corrected chi connectivity index (χ0v) is 25.3. The molecule has 0 aromatic heterocycles. The largest absolute Gasteiger partial charge is 0.469 e. The summed E-state index contributed by atoms with van der Waals surface area (Å²) >= 11 is 0. The van der Waals surface area contributed by atoms with Crippen LogP contribution in [-0.2, 0) is 14.0 Å². The third-order valence-corrected chi connectivity index (χ3v) is 12.8. The van der Waals surface area contributed by atoms with Gasteiger partial charge >= 0.3 is 5.97 Å². The number of fused-ring (bicyclic) bond motifs is 5. The highest BCUT2D eigenvalue weighted by molar-refractivity contribution is 6.69. The van der Waals surface area contributed by atoms with Crippen molar-refractivity contribution in [1.82, 2.24) is 0 Å². The summed E-state index contributed by atoms with van der Waals surface area (Å²) in [6, 6.07) is 0. The van der Waals surface area contributed by atoms with Crippen LogP contribution in [0.2, 0.25) is 19.6 Å². The lowest BCUT2D eigenvalue weighted by Gasteiger charge is -2.61. The average Bonchev–Trinajstić information content (AvgIpc) is 3.15. The Morgan fingerprint density at radius 3 is 2.29 bits per heavy atom. The first-order valence-corrected chi connectivity index (χ1v) is 18.6. The number of ether oxygens (including phenoxy) is 1. The van der Waals surface area contributed by atoms with E-state index in [1.54, 1.807) is 0 Å². The first-order valence-electron chi connectivity index (χ1n) is 15.1. The van der Waals surface area contributed by atoms with Gasteiger partial charge in [-0.05, 0) is 130 Å². The molecule has 0 aliphatic heterocycles. The lowest BCUT2D eigenvalue weighted by molar-refractivity contribution is -0.145. The first kappa shape index (κ1) is 27.7. The van der Waals surface area contributed by atoms with Gasteiger partial charge in [-0.1, -0.05) is 40.5 Å². The van der Waals surface area contributed by atoms with Crippen molar-refractivity contribution >= 4 is 14.3 Å². The highest BCUT2D eigenvalue weighted by atomic mass is 28.4. The quantitative estimate of drug-likeness (QED) is 0.245. The molecule has 0 amide bonds. The topological polar surface area (TPSA) is 35.5 Å². The second kappa shape index (κ2) is 10.4. The van der Waals surface area contributed by atoms with E-state index >= 15 is 0 Å². The molecule has 4 aliphatic rings. The predicted octanol–water partition coefficient (Wildman–Crippen LogP) is 8.48. The maximum absolute atomic E-state index is 11.8. The summed E-state index contributed by atoms with van der Waals surface area (Å²) in [5.74, 6) is 5.36. The first-order chi connectivity index (χ1) is 16.4. The molecule has 4 fully saturated rings. The monoisotopic (exact) mass is 504 g/mol. The predicted molar refractivity (Wildman–Crippen MR) is 148 cm³/mol. The molecule has 4 rings (SSSR count). The minimum absolute atomic E-state index is 0.0386. The number of methoxy groups -OCH3 is 1. The van der Waals surface area contributed by atoms with Gasteiger partial charge in [-0.3, -0.25) is 4.79 Å². The van der Waals surface area contributed by atoms with Crippen LogP contribution in [-0.4, -0.2) is 27.5 Å². The van der Waals surface area contributed by atoms with Gasteiger partial charge < -0.3 is 9.16 Å². The van der Waals surface area contributed by atoms with E-state index in [0.29, 0.717) is 16.9 Å². The van der Waals surface area contributed by atoms with Crippen LogP contribution < -0.4 is 0 Å². The molecule has 4 aliphatic carbocycles. The van der Waals surface area contributed by atoms with E-state index in [4.69, 9.17) is 9.16 Å². The third-order valence-electron chi connectivity index (χ3n) is 11.8. The number of carbonyl (C=O) groups is 1. The van der Waals surface area contributed by atoms with Crippen molar-refractivity contribution in [2.75, 3.05) is 7.11 Å². The lowest BCUT2D eigenvalue weighted by atomic mass is 9.44. The fourth-order valence-corrected chi connectivity index (χ4v) is 11.3. The molecule has 0 saturated heterocycles. The summed E-state index contributed by atoms with van der Waals surface area (Å²) in [4.78, 5) is 11.8. The summed E-state index contributed by atoms with van der Waals surface area (Å²) in [5.41, 5.74) is 1.09. The molecule has 0 aromatic carbocycles. The smallest absolute Gasteiger partial charge is 0.308 e. The van der Waals surface area contributed by atoms with Crippen molar-refractivity contribution in [2.45, 2.75) is 130 Å². The van der Waals surface area contributed by atoms with E-state index in [9.17, 15) is 4.79 Å². The number of rotatable bonds is 8. The fourth-order valence-electron chi connectivity index (χ4n) is 10.1. The summed E-state index contributed by atoms with van der Waals surface area (Å²) < 4.78 is 11.5. The molecule has 3 nitrogen and oxygen atoms in total. The third kappa shape index (κ3) is 5.45. The Balaban J connectivity index is 1.38. The van der Waals surface area contributed by atoms with Crippen LogP contribution in [0, 0.1) is 52.3 Å². The van der Waals surface area contributed by atoms with Crippen LogP contribution in [0.4, 0.5) is 0 Å². The molecule has 0 N–H and O–H groups in total. The lowest BCUT2D eigenvalue weighted by Crippen LogP contribution is -2.54. The summed E-state index contributed by atoms with van der Waals surface area (Å²) in [7, 11) is 0.0590. The van der Waals surface area contributed by atoms with E-state index in [1.807, 2.05) is 6.92 Å². The minimum Gasteiger partial charge on any atom is -0.469 e. The van der Waals surface area contributed by atoms with Crippen molar-refractivity contribution in [3.63, 3.8) is 0 Å². The fraction of sp³-hybridized carbons (Fsp3) is 0.968. The van der Waals surface area contributed by atoms with Crippen LogP contribution in [0.5, 0.6) is 0 Å². The normalized spacial score (nSPS) is 43.0. The second-order valence-corrected chi connectivity index (χ2v) is 19.3. The Kier molecular flexibility index (Phi) is 8.24. The van der Waals surface area contributed by atoms with Crippen molar-refractivity contribution in [1.29, 1.82) is 0 Å². The Labute approximate surface area is 218 Å². The molecular formula is C31H56O3Si. The Hall–Kier alpha value is -0.353. The van der Waals surface area contributed by atoms with E-state index in [-0.39, 0.29) is 11.9 Å². The second-order valence-electron chi connectivity index (χ2n) is 14.8. The highest BCUT2D eigenvalue weighted by Crippen LogP contribution is 2.68. The summed E-state index contributed by atoms with van der Waals surface area (Å²) in [5, 5.41) is 0. The minimum atomic E-state index is -1.45. The molecule has 3 unspecified atom stereocenters. The average molecular weight is 505 g/mol. The van der Waals surface area contributed by atoms with E-state index < -0.39 is 8.32 Å². The molecule has 35 heavy (non-hydrogen) atoms. The van der Waals surface area contributed by atoms with E-state index in [2.05, 4.69) is 40.4 Å². The number of carbonyl (C=O) groups excluding carboxylic acids is 1. The van der Waals surface area contributed by atoms with Gasteiger partial charge in [0.1, 0.15) is 0 Å². The standard InChI is InChI=1S/C31H56O3Si/c1-21(10-9-11-22(2)29(32)33-5)26-14-15-27-25-13-12-23-20-24(34-35(6,7)8)16-18-30(23,3)28(25)17-19-31(26,27)4/h21-28H,9-20H2,1-8H3/t21-,22?,23?,24?,25+,26-,27+,28+,30+,31-/m1/s1. The molecule has 0 aromatic rings. The van der Waals surface area contributed by atoms with Gasteiger partial charge in [-0.25, -0.2) is 0 Å². The molecular weight excluding hydrogens is 448 g/mol.